The van der Waals surface area contributed by atoms with Gasteiger partial charge in [-0.1, -0.05) is 0 Å². The Kier molecular flexibility index (Phi) is 3.17. The average molecular weight is 197 g/mol. The highest BCUT2D eigenvalue weighted by molar-refractivity contribution is 5.76. The van der Waals surface area contributed by atoms with Gasteiger partial charge in [-0.25, -0.2) is 4.39 Å². The van der Waals surface area contributed by atoms with Crippen molar-refractivity contribution >= 4 is 12.2 Å². The van der Waals surface area contributed by atoms with E-state index in [0.29, 0.717) is 6.29 Å². The van der Waals surface area contributed by atoms with Crippen molar-refractivity contribution in [3.63, 3.8) is 0 Å². The third kappa shape index (κ3) is 2.85. The second-order valence-electron chi connectivity index (χ2n) is 2.59. The summed E-state index contributed by atoms with van der Waals surface area (Å²) in [6.45, 7) is -0.345. The lowest BCUT2D eigenvalue weighted by molar-refractivity contribution is -0.119. The zero-order valence-electron chi connectivity index (χ0n) is 7.20. The van der Waals surface area contributed by atoms with E-state index in [1.54, 1.807) is 0 Å². The van der Waals surface area contributed by atoms with E-state index in [1.807, 2.05) is 0 Å². The van der Waals surface area contributed by atoms with Crippen molar-refractivity contribution in [3.05, 3.63) is 29.6 Å². The highest BCUT2D eigenvalue weighted by Gasteiger charge is 2.02. The summed E-state index contributed by atoms with van der Waals surface area (Å²) in [4.78, 5) is 20.7. The number of carbonyl (C=O) groups is 2. The maximum Gasteiger partial charge on any atom is 0.255 e. The van der Waals surface area contributed by atoms with Gasteiger partial charge in [0.1, 0.15) is 17.9 Å². The normalized spacial score (nSPS) is 9.50. The Labute approximate surface area is 79.5 Å². The number of benzene rings is 1. The maximum atomic E-state index is 12.8. The minimum Gasteiger partial charge on any atom is -0.484 e. The van der Waals surface area contributed by atoms with Gasteiger partial charge in [-0.05, 0) is 12.1 Å². The predicted octanol–water partition coefficient (Wildman–Crippen LogP) is 0.502. The predicted molar refractivity (Wildman–Crippen MR) is 46.5 cm³/mol. The second kappa shape index (κ2) is 4.36. The van der Waals surface area contributed by atoms with Crippen molar-refractivity contribution < 1.29 is 18.7 Å². The Morgan fingerprint density at radius 3 is 2.79 bits per heavy atom. The monoisotopic (exact) mass is 197 g/mol. The fourth-order valence-electron chi connectivity index (χ4n) is 0.890. The molecule has 0 aliphatic carbocycles. The van der Waals surface area contributed by atoms with Crippen LogP contribution in [0.5, 0.6) is 5.75 Å². The molecule has 4 nitrogen and oxygen atoms in total. The van der Waals surface area contributed by atoms with Gasteiger partial charge in [0.25, 0.3) is 5.91 Å². The molecule has 0 saturated heterocycles. The number of ether oxygens (including phenoxy) is 1. The van der Waals surface area contributed by atoms with Gasteiger partial charge in [-0.15, -0.1) is 0 Å². The lowest BCUT2D eigenvalue weighted by Gasteiger charge is -2.03. The van der Waals surface area contributed by atoms with Crippen LogP contribution in [0.2, 0.25) is 0 Å². The van der Waals surface area contributed by atoms with E-state index < -0.39 is 11.7 Å². The molecule has 1 rings (SSSR count). The molecule has 0 heterocycles. The van der Waals surface area contributed by atoms with Gasteiger partial charge < -0.3 is 10.5 Å². The molecule has 5 heteroatoms. The SMILES string of the molecule is NC(=O)COc1cc(F)cc(C=O)c1. The lowest BCUT2D eigenvalue weighted by Crippen LogP contribution is -2.20. The number of hydrogen-bond acceptors (Lipinski definition) is 3. The Morgan fingerprint density at radius 2 is 2.21 bits per heavy atom. The van der Waals surface area contributed by atoms with Crippen LogP contribution in [0.15, 0.2) is 18.2 Å². The molecule has 74 valence electrons. The van der Waals surface area contributed by atoms with Crippen molar-refractivity contribution in [3.8, 4) is 5.75 Å². The quantitative estimate of drug-likeness (QED) is 0.714. The molecular formula is C9H8FNO3. The van der Waals surface area contributed by atoms with Gasteiger partial charge in [-0.2, -0.15) is 0 Å². The summed E-state index contributed by atoms with van der Waals surface area (Å²) >= 11 is 0. The number of rotatable bonds is 4. The molecule has 1 aromatic carbocycles. The Hall–Kier alpha value is -1.91. The molecule has 0 spiro atoms. The molecule has 0 radical (unpaired) electrons. The van der Waals surface area contributed by atoms with Crippen LogP contribution in [0.4, 0.5) is 4.39 Å². The Balaban J connectivity index is 2.81. The smallest absolute Gasteiger partial charge is 0.255 e. The van der Waals surface area contributed by atoms with Crippen molar-refractivity contribution in [2.75, 3.05) is 6.61 Å². The zero-order valence-corrected chi connectivity index (χ0v) is 7.20. The van der Waals surface area contributed by atoms with Crippen LogP contribution in [0, 0.1) is 5.82 Å². The standard InChI is InChI=1S/C9H8FNO3/c10-7-1-6(4-12)2-8(3-7)14-5-9(11)13/h1-4H,5H2,(H2,11,13). The first-order valence-electron chi connectivity index (χ1n) is 3.78. The van der Waals surface area contributed by atoms with E-state index in [2.05, 4.69) is 0 Å². The van der Waals surface area contributed by atoms with Gasteiger partial charge in [0.15, 0.2) is 6.61 Å². The van der Waals surface area contributed by atoms with Crippen LogP contribution in [-0.4, -0.2) is 18.8 Å². The van der Waals surface area contributed by atoms with E-state index >= 15 is 0 Å². The van der Waals surface area contributed by atoms with Crippen molar-refractivity contribution in [2.24, 2.45) is 5.73 Å². The first-order chi connectivity index (χ1) is 6.61. The average Bonchev–Trinajstić information content (AvgIpc) is 2.14. The first-order valence-corrected chi connectivity index (χ1v) is 3.78. The number of carbonyl (C=O) groups excluding carboxylic acids is 2. The molecule has 1 amide bonds. The fourth-order valence-corrected chi connectivity index (χ4v) is 0.890. The van der Waals surface area contributed by atoms with Crippen molar-refractivity contribution in [1.82, 2.24) is 0 Å². The number of aldehydes is 1. The number of nitrogens with two attached hydrogens (primary N) is 1. The van der Waals surface area contributed by atoms with Crippen LogP contribution in [0.25, 0.3) is 0 Å². The van der Waals surface area contributed by atoms with Crippen molar-refractivity contribution in [2.45, 2.75) is 0 Å². The summed E-state index contributed by atoms with van der Waals surface area (Å²) in [6, 6.07) is 3.44. The minimum atomic E-state index is -0.665. The number of primary amides is 1. The molecule has 2 N–H and O–H groups in total. The third-order valence-corrected chi connectivity index (χ3v) is 1.41. The number of hydrogen-bond donors (Lipinski definition) is 1. The molecule has 0 unspecified atom stereocenters. The Morgan fingerprint density at radius 1 is 1.50 bits per heavy atom. The summed E-state index contributed by atoms with van der Waals surface area (Å²) in [7, 11) is 0. The van der Waals surface area contributed by atoms with Gasteiger partial charge >= 0.3 is 0 Å². The van der Waals surface area contributed by atoms with Crippen LogP contribution >= 0.6 is 0 Å². The molecule has 0 fully saturated rings. The molecule has 0 atom stereocenters. The highest BCUT2D eigenvalue weighted by atomic mass is 19.1. The minimum absolute atomic E-state index is 0.103. The molecule has 0 bridgehead atoms. The van der Waals surface area contributed by atoms with E-state index in [4.69, 9.17) is 10.5 Å². The maximum absolute atomic E-state index is 12.8. The van der Waals surface area contributed by atoms with Crippen LogP contribution in [0.1, 0.15) is 10.4 Å². The number of amides is 1. The summed E-state index contributed by atoms with van der Waals surface area (Å²) in [5.74, 6) is -1.16. The summed E-state index contributed by atoms with van der Waals surface area (Å²) < 4.78 is 17.6. The Bertz CT molecular complexity index is 365. The third-order valence-electron chi connectivity index (χ3n) is 1.41. The molecule has 1 aromatic rings. The lowest BCUT2D eigenvalue weighted by atomic mass is 10.2. The summed E-state index contributed by atoms with van der Waals surface area (Å²) in [6.07, 6.45) is 0.486. The van der Waals surface area contributed by atoms with Crippen molar-refractivity contribution in [1.29, 1.82) is 0 Å². The van der Waals surface area contributed by atoms with E-state index in [-0.39, 0.29) is 17.9 Å². The van der Waals surface area contributed by atoms with E-state index in [1.165, 1.54) is 6.07 Å². The van der Waals surface area contributed by atoms with Crippen LogP contribution < -0.4 is 10.5 Å². The molecule has 0 aromatic heterocycles. The fraction of sp³-hybridized carbons (Fsp3) is 0.111. The molecule has 0 aliphatic rings. The second-order valence-corrected chi connectivity index (χ2v) is 2.59. The van der Waals surface area contributed by atoms with Gasteiger partial charge in [0, 0.05) is 11.6 Å². The van der Waals surface area contributed by atoms with E-state index in [0.717, 1.165) is 12.1 Å². The van der Waals surface area contributed by atoms with E-state index in [9.17, 15) is 14.0 Å². The first kappa shape index (κ1) is 10.2. The summed E-state index contributed by atoms with van der Waals surface area (Å²) in [5, 5.41) is 0. The zero-order chi connectivity index (χ0) is 10.6. The van der Waals surface area contributed by atoms with Crippen LogP contribution in [-0.2, 0) is 4.79 Å². The van der Waals surface area contributed by atoms with Gasteiger partial charge in [0.2, 0.25) is 0 Å². The largest absolute Gasteiger partial charge is 0.484 e. The molecular weight excluding hydrogens is 189 g/mol. The van der Waals surface area contributed by atoms with Crippen LogP contribution in [0.3, 0.4) is 0 Å². The van der Waals surface area contributed by atoms with Gasteiger partial charge in [-0.3, -0.25) is 9.59 Å². The molecule has 0 saturated carbocycles. The topological polar surface area (TPSA) is 69.4 Å². The number of halogens is 1. The molecule has 14 heavy (non-hydrogen) atoms. The van der Waals surface area contributed by atoms with Gasteiger partial charge in [0.05, 0.1) is 0 Å². The highest BCUT2D eigenvalue weighted by Crippen LogP contribution is 2.14. The summed E-state index contributed by atoms with van der Waals surface area (Å²) in [5.41, 5.74) is 4.96. The molecule has 0 aliphatic heterocycles.